The van der Waals surface area contributed by atoms with Gasteiger partial charge in [-0.2, -0.15) is 0 Å². The first kappa shape index (κ1) is 15.0. The summed E-state index contributed by atoms with van der Waals surface area (Å²) in [6, 6.07) is 2.04. The highest BCUT2D eigenvalue weighted by molar-refractivity contribution is 9.10. The number of nitrogens with zero attached hydrogens (tertiary/aromatic N) is 1. The molecule has 3 nitrogen and oxygen atoms in total. The highest BCUT2D eigenvalue weighted by atomic mass is 79.9. The molecule has 0 radical (unpaired) electrons. The Hall–Kier alpha value is -0.100. The molecule has 0 fully saturated rings. The van der Waals surface area contributed by atoms with Crippen molar-refractivity contribution in [3.8, 4) is 0 Å². The number of carbonyl (C=O) groups is 1. The summed E-state index contributed by atoms with van der Waals surface area (Å²) in [7, 11) is 3.71. The van der Waals surface area contributed by atoms with Crippen molar-refractivity contribution in [3.05, 3.63) is 19.8 Å². The van der Waals surface area contributed by atoms with Crippen molar-refractivity contribution < 1.29 is 4.79 Å². The van der Waals surface area contributed by atoms with E-state index in [0.717, 1.165) is 28.3 Å². The summed E-state index contributed by atoms with van der Waals surface area (Å²) < 4.78 is 1.75. The fourth-order valence-electron chi connectivity index (χ4n) is 1.45. The second kappa shape index (κ2) is 7.36. The van der Waals surface area contributed by atoms with Crippen LogP contribution in [-0.4, -0.2) is 31.4 Å². The summed E-state index contributed by atoms with van der Waals surface area (Å²) in [6.45, 7) is 1.77. The minimum atomic E-state index is 0.0975. The monoisotopic (exact) mass is 338 g/mol. The lowest BCUT2D eigenvalue weighted by atomic mass is 10.3. The van der Waals surface area contributed by atoms with Gasteiger partial charge in [0.15, 0.2) is 0 Å². The van der Waals surface area contributed by atoms with Crippen molar-refractivity contribution in [3.63, 3.8) is 0 Å². The van der Waals surface area contributed by atoms with Gasteiger partial charge in [-0.05, 0) is 42.0 Å². The number of carbonyl (C=O) groups excluding carboxylic acids is 1. The van der Waals surface area contributed by atoms with Crippen LogP contribution in [0.2, 0.25) is 4.34 Å². The first-order valence-electron chi connectivity index (χ1n) is 5.35. The van der Waals surface area contributed by atoms with Gasteiger partial charge in [-0.15, -0.1) is 11.3 Å². The Morgan fingerprint density at radius 2 is 2.35 bits per heavy atom. The molecule has 1 N–H and O–H groups in total. The Bertz CT molecular complexity index is 364. The molecule has 96 valence electrons. The van der Waals surface area contributed by atoms with E-state index in [-0.39, 0.29) is 5.91 Å². The van der Waals surface area contributed by atoms with Crippen molar-refractivity contribution in [1.29, 1.82) is 0 Å². The molecule has 0 aliphatic heterocycles. The molecule has 1 aromatic heterocycles. The Morgan fingerprint density at radius 3 is 2.88 bits per heavy atom. The van der Waals surface area contributed by atoms with Crippen LogP contribution in [0.3, 0.4) is 0 Å². The van der Waals surface area contributed by atoms with Crippen LogP contribution in [-0.2, 0) is 11.3 Å². The normalized spacial score (nSPS) is 10.9. The summed E-state index contributed by atoms with van der Waals surface area (Å²) >= 11 is 11.0. The molecular formula is C11H16BrClN2OS. The molecule has 0 saturated heterocycles. The van der Waals surface area contributed by atoms with Gasteiger partial charge < -0.3 is 10.2 Å². The summed E-state index contributed by atoms with van der Waals surface area (Å²) in [4.78, 5) is 14.5. The van der Waals surface area contributed by atoms with E-state index in [9.17, 15) is 4.79 Å². The van der Waals surface area contributed by atoms with Crippen LogP contribution in [0.1, 0.15) is 17.7 Å². The number of nitrogens with one attached hydrogen (secondary N) is 1. The minimum absolute atomic E-state index is 0.0975. The summed E-state index contributed by atoms with van der Waals surface area (Å²) in [5.74, 6) is 0.0975. The third kappa shape index (κ3) is 5.38. The highest BCUT2D eigenvalue weighted by Crippen LogP contribution is 2.32. The first-order valence-corrected chi connectivity index (χ1v) is 7.34. The van der Waals surface area contributed by atoms with Gasteiger partial charge in [0.25, 0.3) is 0 Å². The predicted octanol–water partition coefficient (Wildman–Crippen LogP) is 3.12. The van der Waals surface area contributed by atoms with E-state index in [4.69, 9.17) is 11.6 Å². The molecule has 0 spiro atoms. The summed E-state index contributed by atoms with van der Waals surface area (Å²) in [5, 5.41) is 2.62. The second-order valence-electron chi connectivity index (χ2n) is 3.85. The average molecular weight is 340 g/mol. The van der Waals surface area contributed by atoms with Crippen molar-refractivity contribution in [2.75, 3.05) is 20.6 Å². The second-order valence-corrected chi connectivity index (χ2v) is 6.44. The van der Waals surface area contributed by atoms with Gasteiger partial charge in [-0.25, -0.2) is 0 Å². The van der Waals surface area contributed by atoms with Crippen LogP contribution in [0, 0.1) is 0 Å². The first-order chi connectivity index (χ1) is 8.02. The topological polar surface area (TPSA) is 32.3 Å². The zero-order valence-corrected chi connectivity index (χ0v) is 13.1. The standard InChI is InChI=1S/C11H16BrClN2OS/c1-14-10(16)4-3-5-15(2)7-8-6-9(12)11(13)17-8/h6H,3-5,7H2,1-2H3,(H,14,16). The van der Waals surface area contributed by atoms with Crippen molar-refractivity contribution >= 4 is 44.8 Å². The molecule has 1 heterocycles. The van der Waals surface area contributed by atoms with E-state index >= 15 is 0 Å². The van der Waals surface area contributed by atoms with E-state index in [1.807, 2.05) is 13.1 Å². The van der Waals surface area contributed by atoms with E-state index in [1.165, 1.54) is 4.88 Å². The predicted molar refractivity (Wildman–Crippen MR) is 76.7 cm³/mol. The Morgan fingerprint density at radius 1 is 1.65 bits per heavy atom. The van der Waals surface area contributed by atoms with E-state index in [0.29, 0.717) is 6.42 Å². The zero-order chi connectivity index (χ0) is 12.8. The Kier molecular flexibility index (Phi) is 6.48. The highest BCUT2D eigenvalue weighted by Gasteiger charge is 2.07. The van der Waals surface area contributed by atoms with Crippen LogP contribution in [0.15, 0.2) is 10.5 Å². The fourth-order valence-corrected chi connectivity index (χ4v) is 3.32. The largest absolute Gasteiger partial charge is 0.359 e. The van der Waals surface area contributed by atoms with Gasteiger partial charge in [-0.3, -0.25) is 4.79 Å². The molecule has 1 rings (SSSR count). The number of hydrogen-bond acceptors (Lipinski definition) is 3. The molecule has 0 atom stereocenters. The van der Waals surface area contributed by atoms with Crippen molar-refractivity contribution in [2.45, 2.75) is 19.4 Å². The van der Waals surface area contributed by atoms with Gasteiger partial charge in [0.05, 0.1) is 0 Å². The molecule has 0 aliphatic carbocycles. The minimum Gasteiger partial charge on any atom is -0.359 e. The van der Waals surface area contributed by atoms with Gasteiger partial charge in [0.2, 0.25) is 5.91 Å². The molecule has 0 aliphatic rings. The maximum atomic E-state index is 11.0. The van der Waals surface area contributed by atoms with Crippen LogP contribution in [0.4, 0.5) is 0 Å². The Balaban J connectivity index is 2.29. The van der Waals surface area contributed by atoms with E-state index in [1.54, 1.807) is 18.4 Å². The maximum absolute atomic E-state index is 11.0. The third-order valence-electron chi connectivity index (χ3n) is 2.34. The molecule has 1 amide bonds. The number of hydrogen-bond donors (Lipinski definition) is 1. The quantitative estimate of drug-likeness (QED) is 0.863. The molecule has 0 unspecified atom stereocenters. The van der Waals surface area contributed by atoms with Crippen molar-refractivity contribution in [2.24, 2.45) is 0 Å². The maximum Gasteiger partial charge on any atom is 0.219 e. The van der Waals surface area contributed by atoms with Crippen LogP contribution >= 0.6 is 38.9 Å². The number of thiophene rings is 1. The molecule has 0 bridgehead atoms. The fraction of sp³-hybridized carbons (Fsp3) is 0.545. The number of amides is 1. The summed E-state index contributed by atoms with van der Waals surface area (Å²) in [6.07, 6.45) is 1.45. The van der Waals surface area contributed by atoms with Gasteiger partial charge in [0, 0.05) is 29.4 Å². The smallest absolute Gasteiger partial charge is 0.219 e. The molecule has 0 aromatic carbocycles. The molecule has 0 saturated carbocycles. The molecule has 1 aromatic rings. The van der Waals surface area contributed by atoms with Crippen LogP contribution in [0.25, 0.3) is 0 Å². The lowest BCUT2D eigenvalue weighted by molar-refractivity contribution is -0.120. The molecular weight excluding hydrogens is 324 g/mol. The van der Waals surface area contributed by atoms with Gasteiger partial charge in [0.1, 0.15) is 4.34 Å². The lowest BCUT2D eigenvalue weighted by Crippen LogP contribution is -2.22. The van der Waals surface area contributed by atoms with Crippen LogP contribution < -0.4 is 5.32 Å². The Labute approximate surface area is 119 Å². The zero-order valence-electron chi connectivity index (χ0n) is 9.93. The summed E-state index contributed by atoms with van der Waals surface area (Å²) in [5.41, 5.74) is 0. The molecule has 17 heavy (non-hydrogen) atoms. The van der Waals surface area contributed by atoms with Crippen molar-refractivity contribution in [1.82, 2.24) is 10.2 Å². The molecule has 6 heteroatoms. The third-order valence-corrected chi connectivity index (χ3v) is 4.80. The lowest BCUT2D eigenvalue weighted by Gasteiger charge is -2.14. The number of halogens is 2. The van der Waals surface area contributed by atoms with Gasteiger partial charge in [-0.1, -0.05) is 11.6 Å². The van der Waals surface area contributed by atoms with E-state index < -0.39 is 0 Å². The van der Waals surface area contributed by atoms with Gasteiger partial charge >= 0.3 is 0 Å². The van der Waals surface area contributed by atoms with E-state index in [2.05, 4.69) is 26.1 Å². The van der Waals surface area contributed by atoms with Crippen LogP contribution in [0.5, 0.6) is 0 Å². The SMILES string of the molecule is CNC(=O)CCCN(C)Cc1cc(Br)c(Cl)s1. The average Bonchev–Trinajstić information content (AvgIpc) is 2.57. The number of rotatable bonds is 6.